The number of anilines is 1. The molecule has 6 heteroatoms. The van der Waals surface area contributed by atoms with E-state index in [1.165, 1.54) is 42.5 Å². The van der Waals surface area contributed by atoms with Crippen molar-refractivity contribution in [2.45, 2.75) is 0 Å². The van der Waals surface area contributed by atoms with Crippen LogP contribution in [0.25, 0.3) is 0 Å². The molecule has 1 aliphatic heterocycles. The quantitative estimate of drug-likeness (QED) is 0.788. The van der Waals surface area contributed by atoms with E-state index in [0.29, 0.717) is 10.7 Å². The van der Waals surface area contributed by atoms with Crippen LogP contribution >= 0.6 is 11.6 Å². The molecule has 0 saturated heterocycles. The van der Waals surface area contributed by atoms with Crippen molar-refractivity contribution in [3.63, 3.8) is 0 Å². The number of carboxylic acid groups (broad SMARTS) is 1. The molecule has 2 aromatic carbocycles. The minimum Gasteiger partial charge on any atom is -0.545 e. The molecule has 0 spiro atoms. The largest absolute Gasteiger partial charge is 0.545 e. The van der Waals surface area contributed by atoms with E-state index in [1.54, 1.807) is 0 Å². The molecule has 2 amide bonds. The van der Waals surface area contributed by atoms with Crippen molar-refractivity contribution in [3.8, 4) is 0 Å². The fourth-order valence-electron chi connectivity index (χ4n) is 2.19. The summed E-state index contributed by atoms with van der Waals surface area (Å²) in [5.41, 5.74) is 0.769. The van der Waals surface area contributed by atoms with Crippen molar-refractivity contribution in [1.82, 2.24) is 0 Å². The van der Waals surface area contributed by atoms with E-state index in [2.05, 4.69) is 0 Å². The summed E-state index contributed by atoms with van der Waals surface area (Å²) in [6, 6.07) is 9.79. The van der Waals surface area contributed by atoms with Gasteiger partial charge < -0.3 is 9.90 Å². The Morgan fingerprint density at radius 3 is 2.19 bits per heavy atom. The predicted molar refractivity (Wildman–Crippen MR) is 73.4 cm³/mol. The summed E-state index contributed by atoms with van der Waals surface area (Å²) in [4.78, 5) is 36.3. The highest BCUT2D eigenvalue weighted by atomic mass is 35.5. The van der Waals surface area contributed by atoms with Crippen LogP contribution < -0.4 is 10.0 Å². The van der Waals surface area contributed by atoms with Crippen LogP contribution in [0.1, 0.15) is 31.1 Å². The zero-order chi connectivity index (χ0) is 15.1. The number of halogens is 1. The van der Waals surface area contributed by atoms with Gasteiger partial charge in [0.25, 0.3) is 11.8 Å². The normalized spacial score (nSPS) is 13.5. The molecular weight excluding hydrogens is 294 g/mol. The van der Waals surface area contributed by atoms with Crippen LogP contribution in [0, 0.1) is 0 Å². The van der Waals surface area contributed by atoms with Gasteiger partial charge in [-0.2, -0.15) is 0 Å². The van der Waals surface area contributed by atoms with E-state index < -0.39 is 17.8 Å². The zero-order valence-corrected chi connectivity index (χ0v) is 11.3. The van der Waals surface area contributed by atoms with Gasteiger partial charge in [0.15, 0.2) is 0 Å². The van der Waals surface area contributed by atoms with Gasteiger partial charge in [-0.3, -0.25) is 9.59 Å². The Balaban J connectivity index is 2.03. The third kappa shape index (κ3) is 2.08. The summed E-state index contributed by atoms with van der Waals surface area (Å²) < 4.78 is 0. The Morgan fingerprint density at radius 2 is 1.57 bits per heavy atom. The second-order valence-electron chi connectivity index (χ2n) is 4.47. The minimum atomic E-state index is -1.32. The lowest BCUT2D eigenvalue weighted by Crippen LogP contribution is -2.29. The lowest BCUT2D eigenvalue weighted by atomic mass is 10.1. The highest BCUT2D eigenvalue weighted by Gasteiger charge is 2.36. The molecule has 0 fully saturated rings. The van der Waals surface area contributed by atoms with Gasteiger partial charge in [0.1, 0.15) is 0 Å². The molecule has 21 heavy (non-hydrogen) atoms. The molecule has 0 saturated carbocycles. The number of imide groups is 1. The first-order valence-electron chi connectivity index (χ1n) is 5.99. The van der Waals surface area contributed by atoms with Gasteiger partial charge in [-0.05, 0) is 35.9 Å². The third-order valence-corrected chi connectivity index (χ3v) is 3.44. The number of nitrogens with zero attached hydrogens (tertiary/aromatic N) is 1. The van der Waals surface area contributed by atoms with Crippen LogP contribution in [-0.4, -0.2) is 17.8 Å². The number of aromatic carboxylic acids is 1. The first-order chi connectivity index (χ1) is 9.99. The van der Waals surface area contributed by atoms with Crippen molar-refractivity contribution in [3.05, 3.63) is 64.2 Å². The van der Waals surface area contributed by atoms with Gasteiger partial charge in [-0.1, -0.05) is 23.7 Å². The van der Waals surface area contributed by atoms with Gasteiger partial charge in [0.05, 0.1) is 22.8 Å². The smallest absolute Gasteiger partial charge is 0.266 e. The first kappa shape index (κ1) is 13.3. The number of carboxylic acids is 1. The number of fused-ring (bicyclic) bond motifs is 1. The van der Waals surface area contributed by atoms with E-state index in [0.717, 1.165) is 4.90 Å². The van der Waals surface area contributed by atoms with Gasteiger partial charge in [0.2, 0.25) is 0 Å². The lowest BCUT2D eigenvalue weighted by molar-refractivity contribution is -0.255. The second-order valence-corrected chi connectivity index (χ2v) is 4.91. The van der Waals surface area contributed by atoms with Crippen LogP contribution in [0.2, 0.25) is 5.02 Å². The number of hydrogen-bond acceptors (Lipinski definition) is 4. The van der Waals surface area contributed by atoms with E-state index in [9.17, 15) is 19.5 Å². The number of benzene rings is 2. The number of amides is 2. The Bertz CT molecular complexity index is 783. The molecule has 1 heterocycles. The molecule has 1 aliphatic rings. The zero-order valence-electron chi connectivity index (χ0n) is 10.5. The molecule has 5 nitrogen and oxygen atoms in total. The Labute approximate surface area is 124 Å². The summed E-state index contributed by atoms with van der Waals surface area (Å²) in [6.07, 6.45) is 0. The topological polar surface area (TPSA) is 77.5 Å². The van der Waals surface area contributed by atoms with Gasteiger partial charge in [-0.25, -0.2) is 4.90 Å². The van der Waals surface area contributed by atoms with E-state index in [1.807, 2.05) is 0 Å². The van der Waals surface area contributed by atoms with Crippen molar-refractivity contribution in [2.75, 3.05) is 4.90 Å². The van der Waals surface area contributed by atoms with E-state index >= 15 is 0 Å². The third-order valence-electron chi connectivity index (χ3n) is 3.21. The molecule has 104 valence electrons. The average molecular weight is 301 g/mol. The number of hydrogen-bond donors (Lipinski definition) is 0. The summed E-state index contributed by atoms with van der Waals surface area (Å²) in [6.45, 7) is 0. The molecule has 0 unspecified atom stereocenters. The number of carbonyl (C=O) groups excluding carboxylic acids is 3. The maximum atomic E-state index is 12.3. The molecule has 0 bridgehead atoms. The van der Waals surface area contributed by atoms with Crippen LogP contribution in [0.4, 0.5) is 5.69 Å². The number of rotatable bonds is 2. The molecule has 0 N–H and O–H groups in total. The highest BCUT2D eigenvalue weighted by molar-refractivity contribution is 6.36. The van der Waals surface area contributed by atoms with E-state index in [-0.39, 0.29) is 16.7 Å². The highest BCUT2D eigenvalue weighted by Crippen LogP contribution is 2.30. The summed E-state index contributed by atoms with van der Waals surface area (Å²) >= 11 is 5.83. The van der Waals surface area contributed by atoms with Crippen LogP contribution in [-0.2, 0) is 0 Å². The van der Waals surface area contributed by atoms with Gasteiger partial charge >= 0.3 is 0 Å². The molecule has 0 aliphatic carbocycles. The average Bonchev–Trinajstić information content (AvgIpc) is 2.70. The Hall–Kier alpha value is -2.66. The number of carbonyl (C=O) groups is 3. The summed E-state index contributed by atoms with van der Waals surface area (Å²) in [7, 11) is 0. The van der Waals surface area contributed by atoms with Crippen LogP contribution in [0.15, 0.2) is 42.5 Å². The Morgan fingerprint density at radius 1 is 0.952 bits per heavy atom. The standard InChI is InChI=1S/C15H8ClNO4/c16-9-3-6-11-12(7-9)14(19)17(13(11)18)10-4-1-8(2-5-10)15(20)21/h1-7H,(H,20,21)/p-1. The second kappa shape index (κ2) is 4.71. The van der Waals surface area contributed by atoms with Crippen molar-refractivity contribution in [2.24, 2.45) is 0 Å². The van der Waals surface area contributed by atoms with Gasteiger partial charge in [0, 0.05) is 5.02 Å². The molecule has 0 radical (unpaired) electrons. The van der Waals surface area contributed by atoms with Gasteiger partial charge in [-0.15, -0.1) is 0 Å². The van der Waals surface area contributed by atoms with E-state index in [4.69, 9.17) is 11.6 Å². The fraction of sp³-hybridized carbons (Fsp3) is 0. The molecule has 3 rings (SSSR count). The molecular formula is C15H7ClNO4-. The maximum absolute atomic E-state index is 12.3. The summed E-state index contributed by atoms with van der Waals surface area (Å²) in [5, 5.41) is 11.1. The van der Waals surface area contributed by atoms with Crippen LogP contribution in [0.3, 0.4) is 0 Å². The SMILES string of the molecule is O=C([O-])c1ccc(N2C(=O)c3ccc(Cl)cc3C2=O)cc1. The Kier molecular flexibility index (Phi) is 2.99. The van der Waals surface area contributed by atoms with Crippen LogP contribution in [0.5, 0.6) is 0 Å². The van der Waals surface area contributed by atoms with Crippen molar-refractivity contribution >= 4 is 35.1 Å². The monoisotopic (exact) mass is 300 g/mol. The van der Waals surface area contributed by atoms with Crippen molar-refractivity contribution < 1.29 is 19.5 Å². The predicted octanol–water partition coefficient (Wildman–Crippen LogP) is 1.50. The molecule has 0 aromatic heterocycles. The first-order valence-corrected chi connectivity index (χ1v) is 6.36. The molecule has 2 aromatic rings. The maximum Gasteiger partial charge on any atom is 0.266 e. The van der Waals surface area contributed by atoms with Crippen molar-refractivity contribution in [1.29, 1.82) is 0 Å². The summed E-state index contributed by atoms with van der Waals surface area (Å²) in [5.74, 6) is -2.28. The minimum absolute atomic E-state index is 0.0293. The fourth-order valence-corrected chi connectivity index (χ4v) is 2.37. The lowest BCUT2D eigenvalue weighted by Gasteiger charge is -2.14. The molecule has 0 atom stereocenters.